The highest BCUT2D eigenvalue weighted by atomic mass is 16.5. The summed E-state index contributed by atoms with van der Waals surface area (Å²) in [7, 11) is 3.12. The van der Waals surface area contributed by atoms with Gasteiger partial charge in [0, 0.05) is 6.42 Å². The van der Waals surface area contributed by atoms with Crippen molar-refractivity contribution in [1.29, 1.82) is 0 Å². The summed E-state index contributed by atoms with van der Waals surface area (Å²) in [6.45, 7) is 1.95. The quantitative estimate of drug-likeness (QED) is 0.822. The van der Waals surface area contributed by atoms with E-state index in [1.165, 1.54) is 7.11 Å². The van der Waals surface area contributed by atoms with Crippen LogP contribution in [-0.4, -0.2) is 29.2 Å². The van der Waals surface area contributed by atoms with E-state index in [1.807, 2.05) is 6.92 Å². The summed E-state index contributed by atoms with van der Waals surface area (Å²) in [6.07, 6.45) is 0.678. The Balaban J connectivity index is 2.21. The van der Waals surface area contributed by atoms with Gasteiger partial charge in [-0.1, -0.05) is 6.92 Å². The molecule has 0 atom stereocenters. The lowest BCUT2D eigenvalue weighted by molar-refractivity contribution is 0.355. The number of hydrogen-bond acceptors (Lipinski definition) is 6. The van der Waals surface area contributed by atoms with Crippen LogP contribution in [0.4, 0.5) is 0 Å². The molecule has 0 aliphatic rings. The molecule has 0 aliphatic heterocycles. The summed E-state index contributed by atoms with van der Waals surface area (Å²) in [5.74, 6) is 2.00. The van der Waals surface area contributed by atoms with Crippen molar-refractivity contribution >= 4 is 0 Å². The number of nitrogens with zero attached hydrogens (tertiary/aromatic N) is 3. The number of benzene rings is 1. The summed E-state index contributed by atoms with van der Waals surface area (Å²) in [5.41, 5.74) is 0. The first kappa shape index (κ1) is 13.1. The number of hydrogen-bond donors (Lipinski definition) is 0. The summed E-state index contributed by atoms with van der Waals surface area (Å²) in [6, 6.07) is 7.62. The Morgan fingerprint density at radius 1 is 0.842 bits per heavy atom. The Bertz CT molecular complexity index is 521. The standard InChI is InChI=1S/C13H15N3O3/c1-4-11-14-12(18-3)16-13(15-11)19-10-7-5-9(17-2)6-8-10/h5-8H,4H2,1-3H3. The van der Waals surface area contributed by atoms with E-state index in [-0.39, 0.29) is 12.0 Å². The summed E-state index contributed by atoms with van der Waals surface area (Å²) in [5, 5.41) is 0. The van der Waals surface area contributed by atoms with Crippen LogP contribution in [0.15, 0.2) is 24.3 Å². The predicted molar refractivity (Wildman–Crippen MR) is 68.8 cm³/mol. The topological polar surface area (TPSA) is 66.4 Å². The van der Waals surface area contributed by atoms with Crippen molar-refractivity contribution in [2.45, 2.75) is 13.3 Å². The van der Waals surface area contributed by atoms with Gasteiger partial charge in [0.05, 0.1) is 14.2 Å². The van der Waals surface area contributed by atoms with Crippen molar-refractivity contribution in [3.05, 3.63) is 30.1 Å². The van der Waals surface area contributed by atoms with Crippen molar-refractivity contribution in [1.82, 2.24) is 15.0 Å². The fraction of sp³-hybridized carbons (Fsp3) is 0.308. The van der Waals surface area contributed by atoms with Gasteiger partial charge in [-0.2, -0.15) is 9.97 Å². The van der Waals surface area contributed by atoms with Crippen LogP contribution in [0.1, 0.15) is 12.7 Å². The molecule has 0 N–H and O–H groups in total. The highest BCUT2D eigenvalue weighted by molar-refractivity contribution is 5.32. The minimum atomic E-state index is 0.217. The van der Waals surface area contributed by atoms with Gasteiger partial charge in [0.1, 0.15) is 17.3 Å². The zero-order valence-corrected chi connectivity index (χ0v) is 11.1. The van der Waals surface area contributed by atoms with Crippen LogP contribution in [0.3, 0.4) is 0 Å². The van der Waals surface area contributed by atoms with Crippen molar-refractivity contribution in [3.8, 4) is 23.5 Å². The van der Waals surface area contributed by atoms with Crippen molar-refractivity contribution in [2.75, 3.05) is 14.2 Å². The second kappa shape index (κ2) is 5.99. The van der Waals surface area contributed by atoms with E-state index < -0.39 is 0 Å². The van der Waals surface area contributed by atoms with E-state index in [2.05, 4.69) is 15.0 Å². The summed E-state index contributed by atoms with van der Waals surface area (Å²) < 4.78 is 15.6. The van der Waals surface area contributed by atoms with Crippen LogP contribution in [0.25, 0.3) is 0 Å². The maximum absolute atomic E-state index is 5.57. The van der Waals surface area contributed by atoms with Gasteiger partial charge < -0.3 is 14.2 Å². The molecule has 0 fully saturated rings. The Morgan fingerprint density at radius 2 is 1.47 bits per heavy atom. The molecule has 2 aromatic rings. The minimum Gasteiger partial charge on any atom is -0.497 e. The lowest BCUT2D eigenvalue weighted by Crippen LogP contribution is -2.02. The molecule has 0 bridgehead atoms. The first-order chi connectivity index (χ1) is 9.25. The molecule has 1 aromatic carbocycles. The normalized spacial score (nSPS) is 10.1. The zero-order valence-electron chi connectivity index (χ0n) is 11.1. The van der Waals surface area contributed by atoms with E-state index in [4.69, 9.17) is 14.2 Å². The number of aryl methyl sites for hydroxylation is 1. The van der Waals surface area contributed by atoms with Crippen LogP contribution in [0, 0.1) is 0 Å². The van der Waals surface area contributed by atoms with Crippen LogP contribution >= 0.6 is 0 Å². The second-order valence-electron chi connectivity index (χ2n) is 3.65. The van der Waals surface area contributed by atoms with Crippen LogP contribution < -0.4 is 14.2 Å². The largest absolute Gasteiger partial charge is 0.497 e. The van der Waals surface area contributed by atoms with E-state index in [0.717, 1.165) is 5.75 Å². The maximum Gasteiger partial charge on any atom is 0.328 e. The van der Waals surface area contributed by atoms with E-state index in [1.54, 1.807) is 31.4 Å². The van der Waals surface area contributed by atoms with Crippen molar-refractivity contribution in [2.24, 2.45) is 0 Å². The van der Waals surface area contributed by atoms with Crippen LogP contribution in [0.5, 0.6) is 23.5 Å². The number of ether oxygens (including phenoxy) is 3. The molecule has 6 heteroatoms. The van der Waals surface area contributed by atoms with Crippen LogP contribution in [-0.2, 0) is 6.42 Å². The molecule has 0 radical (unpaired) electrons. The fourth-order valence-corrected chi connectivity index (χ4v) is 1.42. The molecule has 0 saturated heterocycles. The Morgan fingerprint density at radius 3 is 2.05 bits per heavy atom. The van der Waals surface area contributed by atoms with E-state index in [9.17, 15) is 0 Å². The highest BCUT2D eigenvalue weighted by Crippen LogP contribution is 2.22. The van der Waals surface area contributed by atoms with E-state index >= 15 is 0 Å². The molecule has 0 unspecified atom stereocenters. The van der Waals surface area contributed by atoms with Gasteiger partial charge in [-0.3, -0.25) is 0 Å². The van der Waals surface area contributed by atoms with Crippen molar-refractivity contribution < 1.29 is 14.2 Å². The third kappa shape index (κ3) is 3.31. The number of methoxy groups -OCH3 is 2. The SMILES string of the molecule is CCc1nc(OC)nc(Oc2ccc(OC)cc2)n1. The third-order valence-corrected chi connectivity index (χ3v) is 2.41. The lowest BCUT2D eigenvalue weighted by Gasteiger charge is -2.07. The highest BCUT2D eigenvalue weighted by Gasteiger charge is 2.07. The molecule has 0 spiro atoms. The van der Waals surface area contributed by atoms with Gasteiger partial charge >= 0.3 is 12.0 Å². The Hall–Kier alpha value is -2.37. The fourth-order valence-electron chi connectivity index (χ4n) is 1.42. The van der Waals surface area contributed by atoms with Crippen LogP contribution in [0.2, 0.25) is 0 Å². The average Bonchev–Trinajstić information content (AvgIpc) is 2.47. The smallest absolute Gasteiger partial charge is 0.328 e. The predicted octanol–water partition coefficient (Wildman–Crippen LogP) is 2.24. The molecular formula is C13H15N3O3. The Kier molecular flexibility index (Phi) is 4.12. The molecule has 19 heavy (non-hydrogen) atoms. The molecule has 0 saturated carbocycles. The average molecular weight is 261 g/mol. The van der Waals surface area contributed by atoms with Gasteiger partial charge in [0.2, 0.25) is 0 Å². The molecule has 1 heterocycles. The maximum atomic E-state index is 5.57. The summed E-state index contributed by atoms with van der Waals surface area (Å²) in [4.78, 5) is 12.3. The second-order valence-corrected chi connectivity index (χ2v) is 3.65. The van der Waals surface area contributed by atoms with E-state index in [0.29, 0.717) is 18.0 Å². The molecule has 0 amide bonds. The number of aromatic nitrogens is 3. The Labute approximate surface area is 111 Å². The first-order valence-corrected chi connectivity index (χ1v) is 5.86. The lowest BCUT2D eigenvalue weighted by atomic mass is 10.3. The zero-order chi connectivity index (χ0) is 13.7. The van der Waals surface area contributed by atoms with Crippen molar-refractivity contribution in [3.63, 3.8) is 0 Å². The molecule has 6 nitrogen and oxygen atoms in total. The first-order valence-electron chi connectivity index (χ1n) is 5.86. The van der Waals surface area contributed by atoms with Gasteiger partial charge in [-0.15, -0.1) is 4.98 Å². The molecule has 1 aromatic heterocycles. The van der Waals surface area contributed by atoms with Gasteiger partial charge in [-0.25, -0.2) is 0 Å². The van der Waals surface area contributed by atoms with Gasteiger partial charge in [0.25, 0.3) is 0 Å². The molecular weight excluding hydrogens is 246 g/mol. The van der Waals surface area contributed by atoms with Gasteiger partial charge in [0.15, 0.2) is 0 Å². The third-order valence-electron chi connectivity index (χ3n) is 2.41. The monoisotopic (exact) mass is 261 g/mol. The molecule has 100 valence electrons. The summed E-state index contributed by atoms with van der Waals surface area (Å²) >= 11 is 0. The molecule has 0 aliphatic carbocycles. The molecule has 2 rings (SSSR count). The minimum absolute atomic E-state index is 0.217. The number of rotatable bonds is 5. The van der Waals surface area contributed by atoms with Gasteiger partial charge in [-0.05, 0) is 24.3 Å².